The van der Waals surface area contributed by atoms with Crippen LogP contribution in [0.2, 0.25) is 0 Å². The number of nitrogens with zero attached hydrogens (tertiary/aromatic N) is 3. The fourth-order valence-corrected chi connectivity index (χ4v) is 2.41. The second-order valence-electron chi connectivity index (χ2n) is 5.60. The van der Waals surface area contributed by atoms with Crippen LogP contribution in [0, 0.1) is 5.92 Å². The molecule has 0 saturated heterocycles. The van der Waals surface area contributed by atoms with E-state index < -0.39 is 23.5 Å². The van der Waals surface area contributed by atoms with Gasteiger partial charge in [0.1, 0.15) is 11.6 Å². The Kier molecular flexibility index (Phi) is 5.62. The molecule has 0 aliphatic heterocycles. The number of fused-ring (bicyclic) bond motifs is 1. The number of rotatable bonds is 7. The predicted molar refractivity (Wildman–Crippen MR) is 84.9 cm³/mol. The number of carboxylic acid groups (broad SMARTS) is 1. The van der Waals surface area contributed by atoms with Crippen molar-refractivity contribution in [2.45, 2.75) is 32.7 Å². The van der Waals surface area contributed by atoms with Gasteiger partial charge in [0.15, 0.2) is 0 Å². The molecule has 0 saturated carbocycles. The van der Waals surface area contributed by atoms with E-state index in [1.807, 2.05) is 13.8 Å². The van der Waals surface area contributed by atoms with Crippen molar-refractivity contribution in [1.82, 2.24) is 20.3 Å². The smallest absolute Gasteiger partial charge is 0.278 e. The van der Waals surface area contributed by atoms with Crippen LogP contribution in [-0.2, 0) is 9.59 Å². The monoisotopic (exact) mass is 331 g/mol. The third-order valence-electron chi connectivity index (χ3n) is 3.93. The second-order valence-corrected chi connectivity index (χ2v) is 5.60. The molecule has 2 atom stereocenters. The zero-order valence-electron chi connectivity index (χ0n) is 13.6. The number of hydrogen-bond donors (Lipinski definition) is 1. The summed E-state index contributed by atoms with van der Waals surface area (Å²) in [7, 11) is 0. The van der Waals surface area contributed by atoms with Crippen molar-refractivity contribution in [2.24, 2.45) is 5.92 Å². The summed E-state index contributed by atoms with van der Waals surface area (Å²) in [5.41, 5.74) is 0.0555. The Morgan fingerprint density at radius 2 is 2.04 bits per heavy atom. The molecule has 2 aromatic rings. The van der Waals surface area contributed by atoms with Crippen LogP contribution in [-0.4, -0.2) is 33.4 Å². The first-order valence-electron chi connectivity index (χ1n) is 7.77. The molecule has 1 aromatic carbocycles. The van der Waals surface area contributed by atoms with Gasteiger partial charge in [0.2, 0.25) is 5.91 Å². The molecule has 0 bridgehead atoms. The Balaban J connectivity index is 2.38. The Hall–Kier alpha value is -2.77. The lowest BCUT2D eigenvalue weighted by molar-refractivity contribution is -0.305. The van der Waals surface area contributed by atoms with Crippen LogP contribution in [0.3, 0.4) is 0 Å². The maximum Gasteiger partial charge on any atom is 0.278 e. The van der Waals surface area contributed by atoms with E-state index in [4.69, 9.17) is 0 Å². The average Bonchev–Trinajstić information content (AvgIpc) is 2.56. The molecule has 1 N–H and O–H groups in total. The van der Waals surface area contributed by atoms with Crippen molar-refractivity contribution in [1.29, 1.82) is 0 Å². The molecule has 0 radical (unpaired) electrons. The van der Waals surface area contributed by atoms with Crippen molar-refractivity contribution in [3.63, 3.8) is 0 Å². The van der Waals surface area contributed by atoms with Gasteiger partial charge in [-0.1, -0.05) is 37.6 Å². The fourth-order valence-electron chi connectivity index (χ4n) is 2.41. The summed E-state index contributed by atoms with van der Waals surface area (Å²) in [6.45, 7) is 3.65. The van der Waals surface area contributed by atoms with Gasteiger partial charge >= 0.3 is 0 Å². The van der Waals surface area contributed by atoms with Crippen LogP contribution in [0.15, 0.2) is 29.1 Å². The lowest BCUT2D eigenvalue weighted by Gasteiger charge is -2.23. The molecule has 1 aromatic heterocycles. The number of nitrogens with one attached hydrogen (secondary N) is 1. The zero-order valence-corrected chi connectivity index (χ0v) is 13.6. The highest BCUT2D eigenvalue weighted by Gasteiger charge is 2.28. The number of carboxylic acids is 1. The van der Waals surface area contributed by atoms with E-state index in [9.17, 15) is 19.5 Å². The molecule has 0 aliphatic carbocycles. The molecule has 1 amide bonds. The number of amides is 1. The van der Waals surface area contributed by atoms with Gasteiger partial charge in [-0.15, -0.1) is 5.10 Å². The maximum atomic E-state index is 12.7. The number of benzene rings is 1. The molecule has 128 valence electrons. The van der Waals surface area contributed by atoms with Crippen molar-refractivity contribution in [3.8, 4) is 0 Å². The number of carbonyl (C=O) groups excluding carboxylic acids is 2. The van der Waals surface area contributed by atoms with Crippen molar-refractivity contribution in [2.75, 3.05) is 6.54 Å². The van der Waals surface area contributed by atoms with Gasteiger partial charge < -0.3 is 15.2 Å². The second kappa shape index (κ2) is 7.67. The molecule has 8 heteroatoms. The van der Waals surface area contributed by atoms with Gasteiger partial charge in [-0.3, -0.25) is 9.59 Å². The topological polar surface area (TPSA) is 117 Å². The number of carbonyl (C=O) groups is 2. The Bertz CT molecular complexity index is 802. The molecule has 1 heterocycles. The molecular weight excluding hydrogens is 312 g/mol. The predicted octanol–water partition coefficient (Wildman–Crippen LogP) is -0.365. The van der Waals surface area contributed by atoms with Crippen LogP contribution in [0.1, 0.15) is 32.7 Å². The van der Waals surface area contributed by atoms with Gasteiger partial charge in [0.25, 0.3) is 5.56 Å². The maximum absolute atomic E-state index is 12.7. The van der Waals surface area contributed by atoms with Crippen molar-refractivity contribution in [3.05, 3.63) is 34.6 Å². The average molecular weight is 331 g/mol. The van der Waals surface area contributed by atoms with Gasteiger partial charge in [-0.2, -0.15) is 4.68 Å². The third-order valence-corrected chi connectivity index (χ3v) is 3.93. The SMILES string of the molecule is CC[C@@H](C)[C@@H](C(=O)NCCC(=O)[O-])n1nnc2ccccc2c1=O. The van der Waals surface area contributed by atoms with E-state index in [0.717, 1.165) is 4.68 Å². The van der Waals surface area contributed by atoms with E-state index in [-0.39, 0.29) is 18.9 Å². The van der Waals surface area contributed by atoms with Crippen LogP contribution in [0.5, 0.6) is 0 Å². The number of aliphatic carboxylic acids is 1. The van der Waals surface area contributed by atoms with E-state index in [1.54, 1.807) is 24.3 Å². The Labute approximate surface area is 138 Å². The van der Waals surface area contributed by atoms with Crippen LogP contribution in [0.4, 0.5) is 0 Å². The quantitative estimate of drug-likeness (QED) is 0.740. The van der Waals surface area contributed by atoms with Crippen molar-refractivity contribution < 1.29 is 14.7 Å². The molecule has 24 heavy (non-hydrogen) atoms. The van der Waals surface area contributed by atoms with Crippen molar-refractivity contribution >= 4 is 22.8 Å². The first kappa shape index (κ1) is 17.6. The molecule has 0 fully saturated rings. The van der Waals surface area contributed by atoms with E-state index in [1.165, 1.54) is 0 Å². The molecule has 2 rings (SSSR count). The summed E-state index contributed by atoms with van der Waals surface area (Å²) < 4.78 is 1.07. The number of hydrogen-bond acceptors (Lipinski definition) is 6. The first-order chi connectivity index (χ1) is 11.5. The van der Waals surface area contributed by atoms with Gasteiger partial charge in [-0.05, 0) is 18.1 Å². The summed E-state index contributed by atoms with van der Waals surface area (Å²) in [4.78, 5) is 35.6. The summed E-state index contributed by atoms with van der Waals surface area (Å²) in [6, 6.07) is 5.91. The highest BCUT2D eigenvalue weighted by atomic mass is 16.4. The van der Waals surface area contributed by atoms with Crippen LogP contribution >= 0.6 is 0 Å². The lowest BCUT2D eigenvalue weighted by Crippen LogP contribution is -2.43. The molecule has 8 nitrogen and oxygen atoms in total. The Morgan fingerprint density at radius 3 is 2.71 bits per heavy atom. The van der Waals surface area contributed by atoms with Gasteiger partial charge in [0.05, 0.1) is 5.39 Å². The summed E-state index contributed by atoms with van der Waals surface area (Å²) >= 11 is 0. The van der Waals surface area contributed by atoms with E-state index in [2.05, 4.69) is 15.6 Å². The third kappa shape index (κ3) is 3.76. The van der Waals surface area contributed by atoms with Crippen LogP contribution in [0.25, 0.3) is 10.9 Å². The minimum Gasteiger partial charge on any atom is -0.550 e. The summed E-state index contributed by atoms with van der Waals surface area (Å²) in [6.07, 6.45) is 0.344. The largest absolute Gasteiger partial charge is 0.550 e. The fraction of sp³-hybridized carbons (Fsp3) is 0.438. The summed E-state index contributed by atoms with van der Waals surface area (Å²) in [5.74, 6) is -1.89. The lowest BCUT2D eigenvalue weighted by atomic mass is 9.98. The highest BCUT2D eigenvalue weighted by molar-refractivity contribution is 5.82. The minimum atomic E-state index is -1.25. The normalized spacial score (nSPS) is 13.4. The van der Waals surface area contributed by atoms with Gasteiger partial charge in [0, 0.05) is 18.9 Å². The standard InChI is InChI=1S/C16H20N4O4/c1-3-10(2)14(15(23)17-9-8-13(21)22)20-16(24)11-6-4-5-7-12(11)18-19-20/h4-7,10,14H,3,8-9H2,1-2H3,(H,17,23)(H,21,22)/p-1/t10-,14+/m1/s1. The minimum absolute atomic E-state index is 0.0656. The van der Waals surface area contributed by atoms with Crippen LogP contribution < -0.4 is 16.0 Å². The Morgan fingerprint density at radius 1 is 1.33 bits per heavy atom. The molecule has 0 aliphatic rings. The molecular formula is C16H19N4O4-. The zero-order chi connectivity index (χ0) is 17.7. The van der Waals surface area contributed by atoms with E-state index in [0.29, 0.717) is 17.3 Å². The molecule has 0 unspecified atom stereocenters. The van der Waals surface area contributed by atoms with E-state index >= 15 is 0 Å². The number of aromatic nitrogens is 3. The molecule has 0 spiro atoms. The highest BCUT2D eigenvalue weighted by Crippen LogP contribution is 2.19. The summed E-state index contributed by atoms with van der Waals surface area (Å²) in [5, 5.41) is 21.3. The first-order valence-corrected chi connectivity index (χ1v) is 7.77. The van der Waals surface area contributed by atoms with Gasteiger partial charge in [-0.25, -0.2) is 0 Å².